The fraction of sp³-hybridized carbons (Fsp3) is 0.375. The molecule has 0 radical (unpaired) electrons. The van der Waals surface area contributed by atoms with Crippen LogP contribution in [-0.4, -0.2) is 16.2 Å². The lowest BCUT2D eigenvalue weighted by molar-refractivity contribution is 0.0352. The molecule has 1 saturated heterocycles. The Hall–Kier alpha value is -1.94. The van der Waals surface area contributed by atoms with Gasteiger partial charge in [0.25, 0.3) is 5.56 Å². The summed E-state index contributed by atoms with van der Waals surface area (Å²) in [6.07, 6.45) is 7.31. The van der Waals surface area contributed by atoms with Crippen molar-refractivity contribution in [1.29, 1.82) is 0 Å². The molecule has 0 aromatic carbocycles. The van der Waals surface area contributed by atoms with Gasteiger partial charge in [-0.05, 0) is 48.6 Å². The second-order valence-corrected chi connectivity index (χ2v) is 5.33. The van der Waals surface area contributed by atoms with Gasteiger partial charge < -0.3 is 9.30 Å². The van der Waals surface area contributed by atoms with Crippen molar-refractivity contribution in [1.82, 2.24) is 9.55 Å². The van der Waals surface area contributed by atoms with Gasteiger partial charge in [0.2, 0.25) is 0 Å². The average molecular weight is 270 g/mol. The van der Waals surface area contributed by atoms with Crippen LogP contribution in [0.4, 0.5) is 0 Å². The molecule has 3 rings (SSSR count). The standard InChI is InChI=1S/C16H18N2O2/c1-12-11-18(2)15(19)10-14(12)16(6-3-9-20-16)13-4-7-17-8-5-13/h4-5,7-8,10-11H,3,6,9H2,1-2H3. The highest BCUT2D eigenvalue weighted by Gasteiger charge is 2.40. The van der Waals surface area contributed by atoms with E-state index in [9.17, 15) is 4.79 Å². The Morgan fingerprint density at radius 2 is 2.10 bits per heavy atom. The first-order valence-corrected chi connectivity index (χ1v) is 6.86. The summed E-state index contributed by atoms with van der Waals surface area (Å²) in [7, 11) is 1.77. The van der Waals surface area contributed by atoms with Gasteiger partial charge >= 0.3 is 0 Å². The van der Waals surface area contributed by atoms with Crippen LogP contribution in [0.25, 0.3) is 0 Å². The molecular weight excluding hydrogens is 252 g/mol. The highest BCUT2D eigenvalue weighted by atomic mass is 16.5. The molecule has 104 valence electrons. The maximum absolute atomic E-state index is 12.0. The Bertz CT molecular complexity index is 671. The highest BCUT2D eigenvalue weighted by Crippen LogP contribution is 2.42. The lowest BCUT2D eigenvalue weighted by Gasteiger charge is -2.31. The summed E-state index contributed by atoms with van der Waals surface area (Å²) in [4.78, 5) is 16.1. The smallest absolute Gasteiger partial charge is 0.250 e. The van der Waals surface area contributed by atoms with Gasteiger partial charge in [-0.3, -0.25) is 9.78 Å². The third kappa shape index (κ3) is 1.96. The first kappa shape index (κ1) is 13.1. The summed E-state index contributed by atoms with van der Waals surface area (Å²) < 4.78 is 7.72. The van der Waals surface area contributed by atoms with E-state index in [0.29, 0.717) is 0 Å². The minimum absolute atomic E-state index is 0.00506. The zero-order chi connectivity index (χ0) is 14.2. The second-order valence-electron chi connectivity index (χ2n) is 5.33. The van der Waals surface area contributed by atoms with Crippen LogP contribution >= 0.6 is 0 Å². The molecule has 1 fully saturated rings. The third-order valence-electron chi connectivity index (χ3n) is 4.03. The number of aromatic nitrogens is 2. The summed E-state index contributed by atoms with van der Waals surface area (Å²) in [6, 6.07) is 5.66. The van der Waals surface area contributed by atoms with E-state index in [1.54, 1.807) is 30.1 Å². The molecule has 2 aromatic heterocycles. The van der Waals surface area contributed by atoms with Gasteiger partial charge in [0.15, 0.2) is 0 Å². The van der Waals surface area contributed by atoms with Crippen molar-refractivity contribution in [3.8, 4) is 0 Å². The van der Waals surface area contributed by atoms with Crippen molar-refractivity contribution in [2.24, 2.45) is 7.05 Å². The van der Waals surface area contributed by atoms with Crippen molar-refractivity contribution < 1.29 is 4.74 Å². The number of ether oxygens (including phenoxy) is 1. The Morgan fingerprint density at radius 1 is 1.35 bits per heavy atom. The molecule has 4 heteroatoms. The number of pyridine rings is 2. The molecule has 1 unspecified atom stereocenters. The summed E-state index contributed by atoms with van der Waals surface area (Å²) in [5, 5.41) is 0. The Morgan fingerprint density at radius 3 is 2.75 bits per heavy atom. The zero-order valence-corrected chi connectivity index (χ0v) is 11.8. The molecule has 1 aliphatic rings. The molecular formula is C16H18N2O2. The topological polar surface area (TPSA) is 44.1 Å². The molecule has 0 bridgehead atoms. The molecule has 0 N–H and O–H groups in total. The molecule has 0 amide bonds. The van der Waals surface area contributed by atoms with Gasteiger partial charge in [0, 0.05) is 38.3 Å². The van der Waals surface area contributed by atoms with E-state index in [0.717, 1.165) is 36.1 Å². The van der Waals surface area contributed by atoms with Gasteiger partial charge in [-0.2, -0.15) is 0 Å². The lowest BCUT2D eigenvalue weighted by Crippen LogP contribution is -2.30. The Kier molecular flexibility index (Phi) is 3.18. The van der Waals surface area contributed by atoms with Crippen LogP contribution < -0.4 is 5.56 Å². The molecule has 0 aliphatic carbocycles. The second kappa shape index (κ2) is 4.87. The summed E-state index contributed by atoms with van der Waals surface area (Å²) in [5.74, 6) is 0. The van der Waals surface area contributed by atoms with Crippen molar-refractivity contribution >= 4 is 0 Å². The minimum Gasteiger partial charge on any atom is -0.366 e. The number of aryl methyl sites for hydroxylation is 2. The molecule has 3 heterocycles. The number of hydrogen-bond donors (Lipinski definition) is 0. The van der Waals surface area contributed by atoms with Crippen LogP contribution in [0.1, 0.15) is 29.5 Å². The molecule has 1 atom stereocenters. The van der Waals surface area contributed by atoms with E-state index in [-0.39, 0.29) is 5.56 Å². The number of rotatable bonds is 2. The molecule has 4 nitrogen and oxygen atoms in total. The quantitative estimate of drug-likeness (QED) is 0.840. The predicted octanol–water partition coefficient (Wildman–Crippen LogP) is 2.14. The van der Waals surface area contributed by atoms with Gasteiger partial charge in [-0.1, -0.05) is 0 Å². The van der Waals surface area contributed by atoms with Crippen molar-refractivity contribution in [2.75, 3.05) is 6.61 Å². The minimum atomic E-state index is -0.500. The van der Waals surface area contributed by atoms with Crippen molar-refractivity contribution in [3.63, 3.8) is 0 Å². The monoisotopic (exact) mass is 270 g/mol. The van der Waals surface area contributed by atoms with Crippen LogP contribution in [-0.2, 0) is 17.4 Å². The summed E-state index contributed by atoms with van der Waals surface area (Å²) >= 11 is 0. The van der Waals surface area contributed by atoms with Crippen LogP contribution in [0.5, 0.6) is 0 Å². The van der Waals surface area contributed by atoms with Crippen LogP contribution in [0.3, 0.4) is 0 Å². The lowest BCUT2D eigenvalue weighted by atomic mass is 9.83. The Balaban J connectivity index is 2.22. The summed E-state index contributed by atoms with van der Waals surface area (Å²) in [5.41, 5.74) is 2.62. The van der Waals surface area contributed by atoms with Gasteiger partial charge in [0.05, 0.1) is 0 Å². The zero-order valence-electron chi connectivity index (χ0n) is 11.8. The number of nitrogens with zero attached hydrogens (tertiary/aromatic N) is 2. The van der Waals surface area contributed by atoms with E-state index in [4.69, 9.17) is 4.74 Å². The van der Waals surface area contributed by atoms with Crippen LogP contribution in [0.15, 0.2) is 41.6 Å². The molecule has 0 spiro atoms. The largest absolute Gasteiger partial charge is 0.366 e. The van der Waals surface area contributed by atoms with Gasteiger partial charge in [-0.25, -0.2) is 0 Å². The van der Waals surface area contributed by atoms with Crippen molar-refractivity contribution in [3.05, 3.63) is 63.8 Å². The molecule has 2 aromatic rings. The fourth-order valence-corrected chi connectivity index (χ4v) is 3.05. The van der Waals surface area contributed by atoms with E-state index >= 15 is 0 Å². The van der Waals surface area contributed by atoms with E-state index in [1.807, 2.05) is 25.3 Å². The van der Waals surface area contributed by atoms with E-state index in [1.165, 1.54) is 0 Å². The third-order valence-corrected chi connectivity index (χ3v) is 4.03. The normalized spacial score (nSPS) is 22.1. The Labute approximate surface area is 118 Å². The molecule has 1 aliphatic heterocycles. The van der Waals surface area contributed by atoms with E-state index < -0.39 is 5.60 Å². The van der Waals surface area contributed by atoms with Gasteiger partial charge in [0.1, 0.15) is 5.60 Å². The van der Waals surface area contributed by atoms with E-state index in [2.05, 4.69) is 4.98 Å². The first-order chi connectivity index (χ1) is 9.63. The van der Waals surface area contributed by atoms with Crippen LogP contribution in [0.2, 0.25) is 0 Å². The van der Waals surface area contributed by atoms with Crippen molar-refractivity contribution in [2.45, 2.75) is 25.4 Å². The highest BCUT2D eigenvalue weighted by molar-refractivity contribution is 5.39. The maximum Gasteiger partial charge on any atom is 0.250 e. The predicted molar refractivity (Wildman–Crippen MR) is 76.6 cm³/mol. The molecule has 20 heavy (non-hydrogen) atoms. The maximum atomic E-state index is 12.0. The molecule has 0 saturated carbocycles. The summed E-state index contributed by atoms with van der Waals surface area (Å²) in [6.45, 7) is 2.75. The first-order valence-electron chi connectivity index (χ1n) is 6.86. The van der Waals surface area contributed by atoms with Gasteiger partial charge in [-0.15, -0.1) is 0 Å². The SMILES string of the molecule is Cc1cn(C)c(=O)cc1C1(c2ccncc2)CCCO1. The van der Waals surface area contributed by atoms with Crippen LogP contribution in [0, 0.1) is 6.92 Å². The fourth-order valence-electron chi connectivity index (χ4n) is 3.05. The number of hydrogen-bond acceptors (Lipinski definition) is 3. The average Bonchev–Trinajstić information content (AvgIpc) is 2.94.